The van der Waals surface area contributed by atoms with E-state index in [0.29, 0.717) is 6.67 Å². The molecule has 8 nitrogen and oxygen atoms in total. The number of hydrogen-bond acceptors (Lipinski definition) is 6. The first-order valence-electron chi connectivity index (χ1n) is 3.62. The average molecular weight is 180 g/mol. The van der Waals surface area contributed by atoms with Gasteiger partial charge in [-0.1, -0.05) is 0 Å². The Hall–Kier alpha value is -2.12. The second kappa shape index (κ2) is 3.52. The molecule has 0 bridgehead atoms. The minimum absolute atomic E-state index is 0.524. The van der Waals surface area contributed by atoms with Gasteiger partial charge in [0.15, 0.2) is 0 Å². The van der Waals surface area contributed by atoms with Crippen LogP contribution in [0.4, 0.5) is 0 Å². The summed E-state index contributed by atoms with van der Waals surface area (Å²) in [6.45, 7) is 0.524. The van der Waals surface area contributed by atoms with Crippen molar-refractivity contribution in [2.45, 2.75) is 0 Å². The Morgan fingerprint density at radius 3 is 1.54 bits per heavy atom. The molecule has 2 aromatic heterocycles. The Kier molecular flexibility index (Phi) is 2.04. The Bertz CT molecular complexity index is 289. The topological polar surface area (TPSA) is 85.5 Å². The third-order valence-corrected chi connectivity index (χ3v) is 1.36. The van der Waals surface area contributed by atoms with Gasteiger partial charge in [0.1, 0.15) is 32.0 Å². The fourth-order valence-electron chi connectivity index (χ4n) is 0.783. The van der Waals surface area contributed by atoms with E-state index >= 15 is 0 Å². The van der Waals surface area contributed by atoms with Crippen LogP contribution in [-0.4, -0.2) is 36.4 Å². The SMILES string of the molecule is c1nncn1NCNn1cnnc1. The van der Waals surface area contributed by atoms with Gasteiger partial charge in [0.25, 0.3) is 0 Å². The van der Waals surface area contributed by atoms with E-state index in [4.69, 9.17) is 0 Å². The van der Waals surface area contributed by atoms with Crippen molar-refractivity contribution >= 4 is 0 Å². The van der Waals surface area contributed by atoms with Crippen LogP contribution in [0.5, 0.6) is 0 Å². The van der Waals surface area contributed by atoms with Crippen LogP contribution in [0.1, 0.15) is 0 Å². The molecule has 0 aromatic carbocycles. The fraction of sp³-hybridized carbons (Fsp3) is 0.200. The molecule has 0 unspecified atom stereocenters. The van der Waals surface area contributed by atoms with Crippen LogP contribution >= 0.6 is 0 Å². The molecule has 0 spiro atoms. The molecule has 68 valence electrons. The standard InChI is InChI=1S/C5H8N8/c1(10-12-2-6-7-3-12)11-13-4-8-9-5-13/h2-5,10-11H,1H2. The Labute approximate surface area is 73.5 Å². The van der Waals surface area contributed by atoms with E-state index < -0.39 is 0 Å². The third kappa shape index (κ3) is 1.92. The van der Waals surface area contributed by atoms with Crippen molar-refractivity contribution in [1.29, 1.82) is 0 Å². The summed E-state index contributed by atoms with van der Waals surface area (Å²) in [5.41, 5.74) is 5.93. The molecule has 2 rings (SSSR count). The summed E-state index contributed by atoms with van der Waals surface area (Å²) in [6.07, 6.45) is 6.25. The van der Waals surface area contributed by atoms with Gasteiger partial charge in [-0.15, -0.1) is 20.4 Å². The largest absolute Gasteiger partial charge is 0.303 e. The first-order chi connectivity index (χ1) is 6.45. The summed E-state index contributed by atoms with van der Waals surface area (Å²) in [7, 11) is 0. The third-order valence-electron chi connectivity index (χ3n) is 1.36. The second-order valence-corrected chi connectivity index (χ2v) is 2.23. The Balaban J connectivity index is 1.76. The first-order valence-corrected chi connectivity index (χ1v) is 3.62. The van der Waals surface area contributed by atoms with Gasteiger partial charge >= 0.3 is 0 Å². The van der Waals surface area contributed by atoms with Crippen LogP contribution in [0.25, 0.3) is 0 Å². The molecule has 13 heavy (non-hydrogen) atoms. The second-order valence-electron chi connectivity index (χ2n) is 2.23. The molecule has 2 N–H and O–H groups in total. The maximum absolute atomic E-state index is 3.63. The molecule has 0 aliphatic heterocycles. The van der Waals surface area contributed by atoms with Crippen LogP contribution in [-0.2, 0) is 0 Å². The van der Waals surface area contributed by atoms with E-state index in [1.54, 1.807) is 34.7 Å². The van der Waals surface area contributed by atoms with Crippen molar-refractivity contribution in [2.24, 2.45) is 0 Å². The summed E-state index contributed by atoms with van der Waals surface area (Å²) < 4.78 is 3.27. The molecular formula is C5H8N8. The number of hydrogen-bond donors (Lipinski definition) is 2. The van der Waals surface area contributed by atoms with Crippen molar-refractivity contribution in [2.75, 3.05) is 17.5 Å². The molecule has 2 aromatic rings. The monoisotopic (exact) mass is 180 g/mol. The zero-order valence-corrected chi connectivity index (χ0v) is 6.70. The van der Waals surface area contributed by atoms with Gasteiger partial charge in [0.05, 0.1) is 0 Å². The van der Waals surface area contributed by atoms with Crippen LogP contribution in [0.3, 0.4) is 0 Å². The lowest BCUT2D eigenvalue weighted by Crippen LogP contribution is -2.25. The molecule has 0 atom stereocenters. The maximum Gasteiger partial charge on any atom is 0.138 e. The highest BCUT2D eigenvalue weighted by atomic mass is 15.6. The zero-order chi connectivity index (χ0) is 8.93. The zero-order valence-electron chi connectivity index (χ0n) is 6.70. The summed E-state index contributed by atoms with van der Waals surface area (Å²) in [4.78, 5) is 0. The van der Waals surface area contributed by atoms with Gasteiger partial charge in [-0.3, -0.25) is 0 Å². The van der Waals surface area contributed by atoms with Gasteiger partial charge in [-0.25, -0.2) is 9.35 Å². The molecule has 0 amide bonds. The lowest BCUT2D eigenvalue weighted by molar-refractivity contribution is 0.784. The van der Waals surface area contributed by atoms with Gasteiger partial charge < -0.3 is 10.9 Å². The fourth-order valence-corrected chi connectivity index (χ4v) is 0.783. The minimum atomic E-state index is 0.524. The summed E-state index contributed by atoms with van der Waals surface area (Å²) in [5.74, 6) is 0. The highest BCUT2D eigenvalue weighted by Gasteiger charge is 1.88. The Morgan fingerprint density at radius 2 is 1.15 bits per heavy atom. The molecule has 0 saturated heterocycles. The molecular weight excluding hydrogens is 172 g/mol. The Morgan fingerprint density at radius 1 is 0.769 bits per heavy atom. The highest BCUT2D eigenvalue weighted by molar-refractivity contribution is 4.78. The van der Waals surface area contributed by atoms with Crippen molar-refractivity contribution in [3.63, 3.8) is 0 Å². The van der Waals surface area contributed by atoms with E-state index in [2.05, 4.69) is 31.2 Å². The van der Waals surface area contributed by atoms with Crippen LogP contribution in [0.2, 0.25) is 0 Å². The number of rotatable bonds is 4. The van der Waals surface area contributed by atoms with Crippen molar-refractivity contribution < 1.29 is 0 Å². The van der Waals surface area contributed by atoms with E-state index in [-0.39, 0.29) is 0 Å². The minimum Gasteiger partial charge on any atom is -0.303 e. The number of nitrogens with one attached hydrogen (secondary N) is 2. The predicted octanol–water partition coefficient (Wildman–Crippen LogP) is -1.39. The van der Waals surface area contributed by atoms with Crippen LogP contribution in [0, 0.1) is 0 Å². The smallest absolute Gasteiger partial charge is 0.138 e. The average Bonchev–Trinajstić information content (AvgIpc) is 2.75. The molecule has 0 saturated carbocycles. The van der Waals surface area contributed by atoms with Crippen molar-refractivity contribution in [3.8, 4) is 0 Å². The lowest BCUT2D eigenvalue weighted by Gasteiger charge is -2.07. The molecule has 0 aliphatic carbocycles. The summed E-state index contributed by atoms with van der Waals surface area (Å²) in [5, 5.41) is 14.5. The highest BCUT2D eigenvalue weighted by Crippen LogP contribution is 1.76. The normalized spacial score (nSPS) is 9.85. The van der Waals surface area contributed by atoms with Crippen LogP contribution < -0.4 is 10.9 Å². The predicted molar refractivity (Wildman–Crippen MR) is 43.6 cm³/mol. The molecule has 0 radical (unpaired) electrons. The van der Waals surface area contributed by atoms with E-state index in [0.717, 1.165) is 0 Å². The summed E-state index contributed by atoms with van der Waals surface area (Å²) >= 11 is 0. The van der Waals surface area contributed by atoms with E-state index in [1.165, 1.54) is 0 Å². The first kappa shape index (κ1) is 7.53. The molecule has 8 heteroatoms. The van der Waals surface area contributed by atoms with E-state index in [1.807, 2.05) is 0 Å². The van der Waals surface area contributed by atoms with Crippen molar-refractivity contribution in [3.05, 3.63) is 25.3 Å². The quantitative estimate of drug-likeness (QED) is 0.564. The maximum atomic E-state index is 3.63. The molecule has 2 heterocycles. The van der Waals surface area contributed by atoms with Crippen LogP contribution in [0.15, 0.2) is 25.3 Å². The lowest BCUT2D eigenvalue weighted by atomic mass is 11.1. The summed E-state index contributed by atoms with van der Waals surface area (Å²) in [6, 6.07) is 0. The van der Waals surface area contributed by atoms with Gasteiger partial charge in [0, 0.05) is 0 Å². The number of aromatic nitrogens is 6. The number of nitrogens with zero attached hydrogens (tertiary/aromatic N) is 6. The van der Waals surface area contributed by atoms with Gasteiger partial charge in [-0.2, -0.15) is 0 Å². The van der Waals surface area contributed by atoms with E-state index in [9.17, 15) is 0 Å². The van der Waals surface area contributed by atoms with Crippen molar-refractivity contribution in [1.82, 2.24) is 29.7 Å². The van der Waals surface area contributed by atoms with Gasteiger partial charge in [0.2, 0.25) is 0 Å². The van der Waals surface area contributed by atoms with Gasteiger partial charge in [-0.05, 0) is 0 Å². The molecule has 0 aliphatic rings. The molecule has 0 fully saturated rings.